The van der Waals surface area contributed by atoms with E-state index in [9.17, 15) is 13.2 Å². The monoisotopic (exact) mass is 473 g/mol. The summed E-state index contributed by atoms with van der Waals surface area (Å²) in [5, 5.41) is 13.9. The van der Waals surface area contributed by atoms with Gasteiger partial charge in [0.1, 0.15) is 11.4 Å². The van der Waals surface area contributed by atoms with Crippen LogP contribution in [0, 0.1) is 0 Å². The number of halogens is 3. The molecule has 0 amide bonds. The molecule has 0 radical (unpaired) electrons. The van der Waals surface area contributed by atoms with Gasteiger partial charge in [0, 0.05) is 5.56 Å². The first-order valence-corrected chi connectivity index (χ1v) is 10.8. The molecule has 5 rings (SSSR count). The summed E-state index contributed by atoms with van der Waals surface area (Å²) in [4.78, 5) is 0. The molecule has 178 valence electrons. The van der Waals surface area contributed by atoms with Crippen LogP contribution in [0.5, 0.6) is 11.8 Å². The van der Waals surface area contributed by atoms with Crippen molar-refractivity contribution in [2.75, 3.05) is 20.3 Å². The molecule has 1 saturated heterocycles. The van der Waals surface area contributed by atoms with Crippen LogP contribution in [0.25, 0.3) is 11.3 Å². The Balaban J connectivity index is 1.53. The van der Waals surface area contributed by atoms with E-state index in [1.54, 1.807) is 18.2 Å². The van der Waals surface area contributed by atoms with Crippen molar-refractivity contribution >= 4 is 5.57 Å². The molecule has 0 aliphatic carbocycles. The topological polar surface area (TPSA) is 83.3 Å². The van der Waals surface area contributed by atoms with E-state index in [0.29, 0.717) is 23.6 Å². The molecule has 0 unspecified atom stereocenters. The highest BCUT2D eigenvalue weighted by molar-refractivity contribution is 5.75. The molecule has 2 aliphatic rings. The molecule has 0 saturated carbocycles. The maximum absolute atomic E-state index is 12.8. The van der Waals surface area contributed by atoms with Crippen molar-refractivity contribution in [1.82, 2.24) is 25.5 Å². The molecule has 0 bridgehead atoms. The Morgan fingerprint density at radius 3 is 2.76 bits per heavy atom. The molecule has 1 spiro atoms. The van der Waals surface area contributed by atoms with Gasteiger partial charge in [-0.25, -0.2) is 0 Å². The zero-order valence-electron chi connectivity index (χ0n) is 18.2. The molecular formula is C23H22F3N5O3. The third-order valence-corrected chi connectivity index (χ3v) is 6.05. The van der Waals surface area contributed by atoms with Gasteiger partial charge in [0.2, 0.25) is 0 Å². The zero-order valence-corrected chi connectivity index (χ0v) is 18.2. The summed E-state index contributed by atoms with van der Waals surface area (Å²) in [7, 11) is 1.54. The average molecular weight is 473 g/mol. The van der Waals surface area contributed by atoms with Crippen LogP contribution in [-0.4, -0.2) is 52.4 Å². The number of alkyl halides is 3. The molecule has 2 atom stereocenters. The number of piperidine rings is 1. The van der Waals surface area contributed by atoms with Crippen molar-refractivity contribution in [2.24, 2.45) is 0 Å². The Morgan fingerprint density at radius 1 is 1.18 bits per heavy atom. The number of tetrazole rings is 1. The molecule has 3 aromatic rings. The van der Waals surface area contributed by atoms with Crippen LogP contribution in [0.2, 0.25) is 0 Å². The standard InChI is InChI=1S/C23H22F3N5O3/c1-32-19-9-8-17(31-21(28-29-30-31)34-23(24,25)26)12-18(19)16-13-22(33-14-16)10-5-11-27-20(22)15-6-3-2-4-7-15/h2-4,6-9,12-13,20,27H,5,10-11,14H2,1H3/t20-,22+/m0/s1. The fraction of sp³-hybridized carbons (Fsp3) is 0.348. The summed E-state index contributed by atoms with van der Waals surface area (Å²) in [6, 6.07) is 14.2. The van der Waals surface area contributed by atoms with Crippen molar-refractivity contribution in [3.8, 4) is 17.4 Å². The van der Waals surface area contributed by atoms with Gasteiger partial charge in [-0.05, 0) is 65.2 Å². The largest absolute Gasteiger partial charge is 0.575 e. The minimum Gasteiger partial charge on any atom is -0.496 e. The summed E-state index contributed by atoms with van der Waals surface area (Å²) in [5.74, 6) is 0.557. The van der Waals surface area contributed by atoms with Gasteiger partial charge in [0.25, 0.3) is 0 Å². The maximum atomic E-state index is 12.8. The number of ether oxygens (including phenoxy) is 3. The van der Waals surface area contributed by atoms with E-state index in [4.69, 9.17) is 9.47 Å². The van der Waals surface area contributed by atoms with Crippen LogP contribution in [0.1, 0.15) is 30.0 Å². The molecule has 3 heterocycles. The van der Waals surface area contributed by atoms with E-state index >= 15 is 0 Å². The molecule has 1 fully saturated rings. The van der Waals surface area contributed by atoms with Gasteiger partial charge >= 0.3 is 12.4 Å². The number of hydrogen-bond acceptors (Lipinski definition) is 7. The Hall–Kier alpha value is -3.44. The second kappa shape index (κ2) is 8.73. The first kappa shape index (κ1) is 22.4. The minimum atomic E-state index is -4.92. The van der Waals surface area contributed by atoms with Crippen LogP contribution in [0.15, 0.2) is 54.6 Å². The highest BCUT2D eigenvalue weighted by Gasteiger charge is 2.44. The summed E-state index contributed by atoms with van der Waals surface area (Å²) in [6.07, 6.45) is -1.03. The van der Waals surface area contributed by atoms with E-state index in [1.807, 2.05) is 18.2 Å². The van der Waals surface area contributed by atoms with Gasteiger partial charge in [-0.3, -0.25) is 0 Å². The quantitative estimate of drug-likeness (QED) is 0.603. The van der Waals surface area contributed by atoms with Gasteiger partial charge < -0.3 is 19.5 Å². The van der Waals surface area contributed by atoms with Crippen molar-refractivity contribution in [3.05, 3.63) is 65.7 Å². The summed E-state index contributed by atoms with van der Waals surface area (Å²) in [6.45, 7) is 1.21. The van der Waals surface area contributed by atoms with Crippen LogP contribution >= 0.6 is 0 Å². The van der Waals surface area contributed by atoms with Crippen molar-refractivity contribution in [3.63, 3.8) is 0 Å². The third kappa shape index (κ3) is 4.24. The first-order valence-electron chi connectivity index (χ1n) is 10.8. The maximum Gasteiger partial charge on any atom is 0.575 e. The van der Waals surface area contributed by atoms with E-state index < -0.39 is 18.0 Å². The number of rotatable bonds is 5. The van der Waals surface area contributed by atoms with Gasteiger partial charge in [0.15, 0.2) is 0 Å². The molecule has 11 heteroatoms. The number of hydrogen-bond donors (Lipinski definition) is 1. The fourth-order valence-electron chi connectivity index (χ4n) is 4.62. The predicted octanol–water partition coefficient (Wildman–Crippen LogP) is 3.85. The lowest BCUT2D eigenvalue weighted by molar-refractivity contribution is -0.278. The second-order valence-electron chi connectivity index (χ2n) is 8.12. The molecule has 2 aromatic carbocycles. The minimum absolute atomic E-state index is 0.0274. The predicted molar refractivity (Wildman–Crippen MR) is 115 cm³/mol. The molecule has 1 aromatic heterocycles. The van der Waals surface area contributed by atoms with E-state index in [2.05, 4.69) is 43.8 Å². The number of nitrogens with one attached hydrogen (secondary N) is 1. The number of benzene rings is 2. The van der Waals surface area contributed by atoms with Crippen molar-refractivity contribution in [2.45, 2.75) is 30.8 Å². The average Bonchev–Trinajstić information content (AvgIpc) is 3.46. The second-order valence-corrected chi connectivity index (χ2v) is 8.12. The summed E-state index contributed by atoms with van der Waals surface area (Å²) >= 11 is 0. The van der Waals surface area contributed by atoms with Crippen molar-refractivity contribution in [1.29, 1.82) is 0 Å². The first-order chi connectivity index (χ1) is 16.4. The molecule has 1 N–H and O–H groups in total. The van der Waals surface area contributed by atoms with Crippen LogP contribution in [-0.2, 0) is 4.74 Å². The number of methoxy groups -OCH3 is 1. The molecular weight excluding hydrogens is 451 g/mol. The summed E-state index contributed by atoms with van der Waals surface area (Å²) in [5.41, 5.74) is 2.43. The Labute approximate surface area is 193 Å². The Kier molecular flexibility index (Phi) is 5.74. The number of aromatic nitrogens is 4. The van der Waals surface area contributed by atoms with Crippen LogP contribution < -0.4 is 14.8 Å². The Morgan fingerprint density at radius 2 is 2.00 bits per heavy atom. The molecule has 8 nitrogen and oxygen atoms in total. The van der Waals surface area contributed by atoms with E-state index in [-0.39, 0.29) is 6.04 Å². The van der Waals surface area contributed by atoms with E-state index in [1.165, 1.54) is 7.11 Å². The van der Waals surface area contributed by atoms with Gasteiger partial charge in [0.05, 0.1) is 25.4 Å². The highest BCUT2D eigenvalue weighted by atomic mass is 19.4. The van der Waals surface area contributed by atoms with Gasteiger partial charge in [-0.2, -0.15) is 4.68 Å². The van der Waals surface area contributed by atoms with Crippen LogP contribution in [0.3, 0.4) is 0 Å². The smallest absolute Gasteiger partial charge is 0.496 e. The lowest BCUT2D eigenvalue weighted by Gasteiger charge is -2.40. The zero-order chi connectivity index (χ0) is 23.8. The molecule has 2 aliphatic heterocycles. The van der Waals surface area contributed by atoms with Gasteiger partial charge in [-0.15, -0.1) is 13.2 Å². The third-order valence-electron chi connectivity index (χ3n) is 6.05. The lowest BCUT2D eigenvalue weighted by atomic mass is 9.81. The molecule has 34 heavy (non-hydrogen) atoms. The van der Waals surface area contributed by atoms with Crippen LogP contribution in [0.4, 0.5) is 13.2 Å². The summed E-state index contributed by atoms with van der Waals surface area (Å²) < 4.78 is 55.0. The van der Waals surface area contributed by atoms with Crippen molar-refractivity contribution < 1.29 is 27.4 Å². The SMILES string of the molecule is COc1ccc(-n2nnnc2OC(F)(F)F)cc1C1=C[C@@]2(CCCN[C@H]2c2ccccc2)OC1. The van der Waals surface area contributed by atoms with E-state index in [0.717, 1.165) is 35.2 Å². The number of nitrogens with zero attached hydrogens (tertiary/aromatic N) is 4. The normalized spacial score (nSPS) is 22.6. The Bertz CT molecular complexity index is 1200. The lowest BCUT2D eigenvalue weighted by Crippen LogP contribution is -2.47. The van der Waals surface area contributed by atoms with Gasteiger partial charge in [-0.1, -0.05) is 35.4 Å². The fourth-order valence-corrected chi connectivity index (χ4v) is 4.62. The highest BCUT2D eigenvalue weighted by Crippen LogP contribution is 2.45.